The zero-order valence-electron chi connectivity index (χ0n) is 13.9. The smallest absolute Gasteiger partial charge is 0.337 e. The average Bonchev–Trinajstić information content (AvgIpc) is 2.81. The van der Waals surface area contributed by atoms with Crippen molar-refractivity contribution in [2.75, 3.05) is 7.11 Å². The van der Waals surface area contributed by atoms with E-state index < -0.39 is 23.5 Å². The summed E-state index contributed by atoms with van der Waals surface area (Å²) in [6.07, 6.45) is 2.99. The molecule has 1 fully saturated rings. The van der Waals surface area contributed by atoms with Gasteiger partial charge in [0.1, 0.15) is 11.9 Å². The van der Waals surface area contributed by atoms with Gasteiger partial charge in [-0.2, -0.15) is 0 Å². The molecule has 2 atom stereocenters. The van der Waals surface area contributed by atoms with Crippen LogP contribution >= 0.6 is 0 Å². The van der Waals surface area contributed by atoms with E-state index in [4.69, 9.17) is 14.2 Å². The molecule has 0 aromatic heterocycles. The van der Waals surface area contributed by atoms with Crippen LogP contribution in [0, 0.1) is 5.41 Å². The molecule has 1 aliphatic heterocycles. The summed E-state index contributed by atoms with van der Waals surface area (Å²) in [5, 5.41) is 0. The summed E-state index contributed by atoms with van der Waals surface area (Å²) in [4.78, 5) is 35.6. The fourth-order valence-electron chi connectivity index (χ4n) is 3.24. The van der Waals surface area contributed by atoms with Crippen LogP contribution in [0.15, 0.2) is 23.0 Å². The SMILES string of the molecule is COC(=O)C1=C(OC(C)=O)[C@]2(CC=C(C)C)CC(=O)O[C@H]2CC1. The van der Waals surface area contributed by atoms with Gasteiger partial charge in [-0.15, -0.1) is 0 Å². The Morgan fingerprint density at radius 1 is 1.35 bits per heavy atom. The zero-order chi connectivity index (χ0) is 17.2. The highest BCUT2D eigenvalue weighted by Crippen LogP contribution is 2.52. The minimum Gasteiger partial charge on any atom is -0.466 e. The lowest BCUT2D eigenvalue weighted by Gasteiger charge is -2.38. The monoisotopic (exact) mass is 322 g/mol. The van der Waals surface area contributed by atoms with Crippen molar-refractivity contribution < 1.29 is 28.6 Å². The standard InChI is InChI=1S/C17H22O6/c1-10(2)7-8-17-9-14(19)23-13(17)6-5-12(16(20)21-4)15(17)22-11(3)18/h7,13H,5-6,8-9H2,1-4H3/t13-,17+/m0/s1. The first-order valence-corrected chi connectivity index (χ1v) is 7.63. The predicted octanol–water partition coefficient (Wildman–Crippen LogP) is 2.43. The van der Waals surface area contributed by atoms with E-state index >= 15 is 0 Å². The van der Waals surface area contributed by atoms with E-state index in [0.717, 1.165) is 5.57 Å². The molecule has 0 bridgehead atoms. The molecule has 0 saturated carbocycles. The van der Waals surface area contributed by atoms with E-state index in [-0.39, 0.29) is 18.1 Å². The van der Waals surface area contributed by atoms with Crippen molar-refractivity contribution in [2.45, 2.75) is 52.6 Å². The van der Waals surface area contributed by atoms with Gasteiger partial charge < -0.3 is 14.2 Å². The Hall–Kier alpha value is -2.11. The Balaban J connectivity index is 2.58. The maximum absolute atomic E-state index is 12.1. The maximum atomic E-state index is 12.1. The Morgan fingerprint density at radius 3 is 2.61 bits per heavy atom. The van der Waals surface area contributed by atoms with Crippen molar-refractivity contribution in [3.8, 4) is 0 Å². The largest absolute Gasteiger partial charge is 0.466 e. The van der Waals surface area contributed by atoms with Crippen LogP contribution in [0.3, 0.4) is 0 Å². The third kappa shape index (κ3) is 3.30. The third-order valence-electron chi connectivity index (χ3n) is 4.28. The van der Waals surface area contributed by atoms with Gasteiger partial charge in [0.05, 0.1) is 24.5 Å². The lowest BCUT2D eigenvalue weighted by molar-refractivity contribution is -0.143. The number of carbonyl (C=O) groups excluding carboxylic acids is 3. The van der Waals surface area contributed by atoms with Gasteiger partial charge in [-0.05, 0) is 33.1 Å². The van der Waals surface area contributed by atoms with Crippen molar-refractivity contribution in [2.24, 2.45) is 5.41 Å². The minimum atomic E-state index is -0.818. The average molecular weight is 322 g/mol. The number of fused-ring (bicyclic) bond motifs is 1. The number of carbonyl (C=O) groups is 3. The molecule has 2 rings (SSSR count). The van der Waals surface area contributed by atoms with Gasteiger partial charge in [0.15, 0.2) is 0 Å². The number of methoxy groups -OCH3 is 1. The van der Waals surface area contributed by atoms with Crippen LogP contribution in [0.4, 0.5) is 0 Å². The molecule has 126 valence electrons. The number of rotatable bonds is 4. The fourth-order valence-corrected chi connectivity index (χ4v) is 3.24. The van der Waals surface area contributed by atoms with Crippen LogP contribution in [0.1, 0.15) is 46.5 Å². The summed E-state index contributed by atoms with van der Waals surface area (Å²) in [6, 6.07) is 0. The van der Waals surface area contributed by atoms with Gasteiger partial charge in [-0.1, -0.05) is 11.6 Å². The van der Waals surface area contributed by atoms with E-state index in [1.54, 1.807) is 0 Å². The lowest BCUT2D eigenvalue weighted by atomic mass is 9.69. The number of esters is 3. The van der Waals surface area contributed by atoms with E-state index in [0.29, 0.717) is 24.8 Å². The van der Waals surface area contributed by atoms with Crippen LogP contribution in [-0.2, 0) is 28.6 Å². The fraction of sp³-hybridized carbons (Fsp3) is 0.588. The van der Waals surface area contributed by atoms with Crippen LogP contribution < -0.4 is 0 Å². The number of ether oxygens (including phenoxy) is 3. The number of hydrogen-bond acceptors (Lipinski definition) is 6. The highest BCUT2D eigenvalue weighted by Gasteiger charge is 2.56. The van der Waals surface area contributed by atoms with Gasteiger partial charge in [0, 0.05) is 6.92 Å². The Bertz CT molecular complexity index is 596. The molecule has 0 N–H and O–H groups in total. The molecule has 0 aromatic rings. The molecular weight excluding hydrogens is 300 g/mol. The van der Waals surface area contributed by atoms with Gasteiger partial charge >= 0.3 is 17.9 Å². The van der Waals surface area contributed by atoms with Crippen LogP contribution in [-0.4, -0.2) is 31.1 Å². The molecular formula is C17H22O6. The molecule has 1 aliphatic carbocycles. The van der Waals surface area contributed by atoms with Crippen molar-refractivity contribution in [1.29, 1.82) is 0 Å². The summed E-state index contributed by atoms with van der Waals surface area (Å²) in [6.45, 7) is 5.17. The van der Waals surface area contributed by atoms with E-state index in [9.17, 15) is 14.4 Å². The van der Waals surface area contributed by atoms with Crippen molar-refractivity contribution >= 4 is 17.9 Å². The molecule has 0 unspecified atom stereocenters. The first kappa shape index (κ1) is 17.2. The molecule has 0 amide bonds. The molecule has 1 heterocycles. The van der Waals surface area contributed by atoms with Gasteiger partial charge in [-0.3, -0.25) is 9.59 Å². The highest BCUT2D eigenvalue weighted by molar-refractivity contribution is 5.90. The summed E-state index contributed by atoms with van der Waals surface area (Å²) >= 11 is 0. The quantitative estimate of drug-likeness (QED) is 0.449. The molecule has 6 heteroatoms. The second kappa shape index (κ2) is 6.56. The van der Waals surface area contributed by atoms with Crippen molar-refractivity contribution in [1.82, 2.24) is 0 Å². The van der Waals surface area contributed by atoms with Gasteiger partial charge in [-0.25, -0.2) is 4.79 Å². The Kier molecular flexibility index (Phi) is 4.92. The van der Waals surface area contributed by atoms with Crippen LogP contribution in [0.2, 0.25) is 0 Å². The number of hydrogen-bond donors (Lipinski definition) is 0. The highest BCUT2D eigenvalue weighted by atomic mass is 16.6. The first-order chi connectivity index (χ1) is 10.8. The molecule has 0 radical (unpaired) electrons. The van der Waals surface area contributed by atoms with Gasteiger partial charge in [0.2, 0.25) is 0 Å². The normalized spacial score (nSPS) is 26.3. The Labute approximate surface area is 135 Å². The topological polar surface area (TPSA) is 78.9 Å². The molecule has 23 heavy (non-hydrogen) atoms. The van der Waals surface area contributed by atoms with E-state index in [1.165, 1.54) is 14.0 Å². The van der Waals surface area contributed by atoms with E-state index in [1.807, 2.05) is 19.9 Å². The summed E-state index contributed by atoms with van der Waals surface area (Å²) in [5.74, 6) is -1.17. The lowest BCUT2D eigenvalue weighted by Crippen LogP contribution is -2.39. The van der Waals surface area contributed by atoms with Crippen LogP contribution in [0.5, 0.6) is 0 Å². The maximum Gasteiger partial charge on any atom is 0.337 e. The van der Waals surface area contributed by atoms with E-state index in [2.05, 4.69) is 0 Å². The summed E-state index contributed by atoms with van der Waals surface area (Å²) in [7, 11) is 1.28. The minimum absolute atomic E-state index is 0.0879. The molecule has 0 aromatic carbocycles. The van der Waals surface area contributed by atoms with Crippen LogP contribution in [0.25, 0.3) is 0 Å². The Morgan fingerprint density at radius 2 is 2.04 bits per heavy atom. The number of allylic oxidation sites excluding steroid dienone is 2. The van der Waals surface area contributed by atoms with Crippen molar-refractivity contribution in [3.05, 3.63) is 23.0 Å². The van der Waals surface area contributed by atoms with Crippen molar-refractivity contribution in [3.63, 3.8) is 0 Å². The summed E-state index contributed by atoms with van der Waals surface area (Å²) in [5.41, 5.74) is 0.575. The predicted molar refractivity (Wildman–Crippen MR) is 81.0 cm³/mol. The summed E-state index contributed by atoms with van der Waals surface area (Å²) < 4.78 is 15.6. The zero-order valence-corrected chi connectivity index (χ0v) is 13.9. The molecule has 0 spiro atoms. The third-order valence-corrected chi connectivity index (χ3v) is 4.28. The molecule has 6 nitrogen and oxygen atoms in total. The molecule has 1 saturated heterocycles. The van der Waals surface area contributed by atoms with Gasteiger partial charge in [0.25, 0.3) is 0 Å². The second-order valence-electron chi connectivity index (χ2n) is 6.23. The molecule has 2 aliphatic rings. The second-order valence-corrected chi connectivity index (χ2v) is 6.23. The first-order valence-electron chi connectivity index (χ1n) is 7.63.